The first-order valence-corrected chi connectivity index (χ1v) is 11.0. The maximum atomic E-state index is 13.1. The van der Waals surface area contributed by atoms with Crippen molar-refractivity contribution in [1.82, 2.24) is 29.3 Å². The first kappa shape index (κ1) is 19.5. The van der Waals surface area contributed by atoms with E-state index < -0.39 is 0 Å². The Morgan fingerprint density at radius 2 is 2.03 bits per heavy atom. The van der Waals surface area contributed by atoms with Crippen molar-refractivity contribution in [2.75, 3.05) is 6.61 Å². The summed E-state index contributed by atoms with van der Waals surface area (Å²) in [5, 5.41) is 3.44. The van der Waals surface area contributed by atoms with Gasteiger partial charge < -0.3 is 9.30 Å². The Bertz CT molecular complexity index is 1220. The largest absolute Gasteiger partial charge is 0.493 e. The Balaban J connectivity index is 1.67. The zero-order valence-corrected chi connectivity index (χ0v) is 17.8. The van der Waals surface area contributed by atoms with Crippen molar-refractivity contribution in [1.29, 1.82) is 0 Å². The highest BCUT2D eigenvalue weighted by Gasteiger charge is 2.28. The first-order valence-electron chi connectivity index (χ1n) is 11.0. The third kappa shape index (κ3) is 3.41. The Kier molecular flexibility index (Phi) is 5.05. The van der Waals surface area contributed by atoms with Crippen molar-refractivity contribution in [3.05, 3.63) is 53.0 Å². The van der Waals surface area contributed by atoms with E-state index in [1.807, 2.05) is 42.8 Å². The van der Waals surface area contributed by atoms with Gasteiger partial charge in [0.15, 0.2) is 11.6 Å². The first-order chi connectivity index (χ1) is 15.2. The van der Waals surface area contributed by atoms with Gasteiger partial charge in [-0.05, 0) is 38.3 Å². The summed E-state index contributed by atoms with van der Waals surface area (Å²) in [6.07, 6.45) is 10.7. The van der Waals surface area contributed by atoms with Crippen LogP contribution in [-0.2, 0) is 6.42 Å². The Morgan fingerprint density at radius 3 is 2.74 bits per heavy atom. The van der Waals surface area contributed by atoms with Gasteiger partial charge in [0.05, 0.1) is 30.2 Å². The normalized spacial score (nSPS) is 14.5. The van der Waals surface area contributed by atoms with Crippen molar-refractivity contribution in [3.63, 3.8) is 0 Å². The lowest BCUT2D eigenvalue weighted by Crippen LogP contribution is -2.17. The number of fused-ring (bicyclic) bond motifs is 1. The van der Waals surface area contributed by atoms with Crippen molar-refractivity contribution in [2.45, 2.75) is 52.0 Å². The van der Waals surface area contributed by atoms with Gasteiger partial charge in [-0.3, -0.25) is 14.6 Å². The van der Waals surface area contributed by atoms with Crippen LogP contribution < -0.4 is 10.3 Å². The molecule has 31 heavy (non-hydrogen) atoms. The maximum Gasteiger partial charge on any atom is 0.284 e. The van der Waals surface area contributed by atoms with Gasteiger partial charge in [-0.15, -0.1) is 0 Å². The maximum absolute atomic E-state index is 13.1. The third-order valence-corrected chi connectivity index (χ3v) is 5.99. The van der Waals surface area contributed by atoms with E-state index in [0.717, 1.165) is 30.6 Å². The molecule has 0 spiro atoms. The Hall–Kier alpha value is -3.42. The number of aromatic nitrogens is 6. The lowest BCUT2D eigenvalue weighted by Gasteiger charge is -2.15. The summed E-state index contributed by atoms with van der Waals surface area (Å²) in [6, 6.07) is 6.14. The summed E-state index contributed by atoms with van der Waals surface area (Å²) in [7, 11) is 0. The van der Waals surface area contributed by atoms with E-state index in [0.29, 0.717) is 41.2 Å². The average molecular weight is 419 g/mol. The molecule has 0 bridgehead atoms. The second kappa shape index (κ2) is 8.02. The number of aryl methyl sites for hydroxylation is 1. The lowest BCUT2D eigenvalue weighted by molar-refractivity contribution is 0.341. The molecule has 1 aliphatic carbocycles. The molecule has 0 amide bonds. The van der Waals surface area contributed by atoms with E-state index in [-0.39, 0.29) is 5.56 Å². The zero-order chi connectivity index (χ0) is 21.4. The van der Waals surface area contributed by atoms with Gasteiger partial charge >= 0.3 is 0 Å². The summed E-state index contributed by atoms with van der Waals surface area (Å²) in [6.45, 7) is 4.48. The molecule has 3 aliphatic rings. The summed E-state index contributed by atoms with van der Waals surface area (Å²) < 4.78 is 9.91. The summed E-state index contributed by atoms with van der Waals surface area (Å²) in [5.74, 6) is 1.73. The molecule has 2 aromatic rings. The van der Waals surface area contributed by atoms with Crippen LogP contribution in [0.2, 0.25) is 0 Å². The van der Waals surface area contributed by atoms with E-state index in [2.05, 4.69) is 19.7 Å². The molecular weight excluding hydrogens is 392 g/mol. The van der Waals surface area contributed by atoms with Crippen LogP contribution in [0.5, 0.6) is 5.75 Å². The number of nitrogens with one attached hydrogen (secondary N) is 1. The van der Waals surface area contributed by atoms with E-state index >= 15 is 0 Å². The molecule has 0 radical (unpaired) electrons. The number of hydrogen-bond acceptors (Lipinski definition) is 5. The van der Waals surface area contributed by atoms with Gasteiger partial charge in [0, 0.05) is 24.2 Å². The molecule has 0 atom stereocenters. The van der Waals surface area contributed by atoms with Crippen LogP contribution >= 0.6 is 0 Å². The lowest BCUT2D eigenvalue weighted by atomic mass is 10.1. The van der Waals surface area contributed by atoms with Gasteiger partial charge in [0.1, 0.15) is 11.3 Å². The molecule has 8 heteroatoms. The minimum atomic E-state index is -0.244. The number of imidazole rings is 1. The molecule has 2 aliphatic heterocycles. The molecule has 5 rings (SSSR count). The predicted molar refractivity (Wildman–Crippen MR) is 118 cm³/mol. The zero-order valence-electron chi connectivity index (χ0n) is 17.8. The van der Waals surface area contributed by atoms with Crippen molar-refractivity contribution in [2.24, 2.45) is 0 Å². The van der Waals surface area contributed by atoms with Crippen LogP contribution in [-0.4, -0.2) is 35.9 Å². The quantitative estimate of drug-likeness (QED) is 0.511. The van der Waals surface area contributed by atoms with Gasteiger partial charge in [0.2, 0.25) is 0 Å². The number of ether oxygens (including phenoxy) is 1. The van der Waals surface area contributed by atoms with Crippen LogP contribution in [0.15, 0.2) is 41.7 Å². The van der Waals surface area contributed by atoms with Gasteiger partial charge in [-0.25, -0.2) is 9.97 Å². The number of aromatic amines is 1. The monoisotopic (exact) mass is 418 g/mol. The topological polar surface area (TPSA) is 90.6 Å². The molecule has 1 saturated carbocycles. The molecule has 1 N–H and O–H groups in total. The molecular formula is C23H26N6O2. The Labute approximate surface area is 180 Å². The minimum Gasteiger partial charge on any atom is -0.493 e. The third-order valence-electron chi connectivity index (χ3n) is 5.99. The van der Waals surface area contributed by atoms with Crippen molar-refractivity contribution >= 4 is 0 Å². The fourth-order valence-corrected chi connectivity index (χ4v) is 4.47. The van der Waals surface area contributed by atoms with Crippen LogP contribution in [0.25, 0.3) is 28.5 Å². The molecule has 8 nitrogen and oxygen atoms in total. The molecule has 160 valence electrons. The highest BCUT2D eigenvalue weighted by atomic mass is 16.5. The van der Waals surface area contributed by atoms with E-state index in [1.165, 1.54) is 12.8 Å². The molecule has 1 aromatic carbocycles. The molecule has 3 heterocycles. The number of benzene rings is 1. The summed E-state index contributed by atoms with van der Waals surface area (Å²) in [4.78, 5) is 26.4. The highest BCUT2D eigenvalue weighted by Crippen LogP contribution is 2.36. The van der Waals surface area contributed by atoms with E-state index in [1.54, 1.807) is 12.5 Å². The number of H-pyrrole nitrogens is 1. The van der Waals surface area contributed by atoms with Crippen molar-refractivity contribution in [3.8, 4) is 34.2 Å². The summed E-state index contributed by atoms with van der Waals surface area (Å²) >= 11 is 0. The minimum absolute atomic E-state index is 0.244. The molecule has 0 saturated heterocycles. The average Bonchev–Trinajstić information content (AvgIpc) is 3.54. The van der Waals surface area contributed by atoms with Crippen LogP contribution in [0, 0.1) is 0 Å². The van der Waals surface area contributed by atoms with Crippen LogP contribution in [0.1, 0.15) is 51.3 Å². The Morgan fingerprint density at radius 1 is 1.19 bits per heavy atom. The number of hydrogen-bond donors (Lipinski definition) is 1. The van der Waals surface area contributed by atoms with Gasteiger partial charge in [-0.1, -0.05) is 19.8 Å². The fraction of sp³-hybridized carbons (Fsp3) is 0.391. The van der Waals surface area contributed by atoms with Crippen LogP contribution in [0.4, 0.5) is 0 Å². The smallest absolute Gasteiger partial charge is 0.284 e. The van der Waals surface area contributed by atoms with Crippen LogP contribution in [0.3, 0.4) is 0 Å². The number of nitrogens with zero attached hydrogens (tertiary/aromatic N) is 5. The molecule has 0 unspecified atom stereocenters. The number of rotatable bonds is 6. The SMILES string of the molecule is CCOc1cc(-n2ccnc2)ccc1-c1nc2n(C3CCCC3)[nH]c(CC)c-2c(=O)n1. The second-order valence-corrected chi connectivity index (χ2v) is 7.89. The fourth-order valence-electron chi connectivity index (χ4n) is 4.47. The summed E-state index contributed by atoms with van der Waals surface area (Å²) in [5.41, 5.74) is 2.89. The molecule has 1 fully saturated rings. The van der Waals surface area contributed by atoms with Gasteiger partial charge in [0.25, 0.3) is 5.56 Å². The van der Waals surface area contributed by atoms with Crippen molar-refractivity contribution < 1.29 is 4.74 Å². The highest BCUT2D eigenvalue weighted by molar-refractivity contribution is 5.70. The predicted octanol–water partition coefficient (Wildman–Crippen LogP) is 4.00. The van der Waals surface area contributed by atoms with Gasteiger partial charge in [-0.2, -0.15) is 4.98 Å². The second-order valence-electron chi connectivity index (χ2n) is 7.89. The van der Waals surface area contributed by atoms with E-state index in [4.69, 9.17) is 9.72 Å². The van der Waals surface area contributed by atoms with E-state index in [9.17, 15) is 4.79 Å². The standard InChI is InChI=1S/C23H26N6O2/c1-3-18-20-22(29(27-18)15-7-5-6-8-15)25-21(26-23(20)30)17-10-9-16(13-19(17)31-4-2)28-12-11-24-14-28/h9-15,27H,3-8H2,1-2H3. The molecule has 1 aromatic heterocycles.